The fourth-order valence-corrected chi connectivity index (χ4v) is 3.51. The van der Waals surface area contributed by atoms with Crippen LogP contribution in [0.1, 0.15) is 23.7 Å². The second-order valence-electron chi connectivity index (χ2n) is 5.99. The molecule has 0 aliphatic heterocycles. The Hall–Kier alpha value is -1.90. The van der Waals surface area contributed by atoms with Crippen molar-refractivity contribution in [3.8, 4) is 0 Å². The number of hydrogen-bond acceptors (Lipinski definition) is 4. The standard InChI is InChI=1S/C17H25N3O4S/c1-4-15(19-25(3,22)23)12-20-9-7-13-11-14(5-6-16(13)20)17(21)18-8-10-24-2/h5-7,9,11,15,19H,4,8,10,12H2,1-3H3,(H,18,21)/t15-/m0/s1. The number of amides is 1. The number of nitrogens with zero attached hydrogens (tertiary/aromatic N) is 1. The van der Waals surface area contributed by atoms with E-state index in [1.54, 1.807) is 13.2 Å². The summed E-state index contributed by atoms with van der Waals surface area (Å²) in [5.74, 6) is -0.142. The fourth-order valence-electron chi connectivity index (χ4n) is 2.66. The maximum Gasteiger partial charge on any atom is 0.251 e. The van der Waals surface area contributed by atoms with Gasteiger partial charge < -0.3 is 14.6 Å². The maximum atomic E-state index is 12.1. The number of rotatable bonds is 9. The summed E-state index contributed by atoms with van der Waals surface area (Å²) < 4.78 is 32.4. The monoisotopic (exact) mass is 367 g/mol. The molecule has 1 aromatic heterocycles. The number of methoxy groups -OCH3 is 1. The molecule has 0 spiro atoms. The third-order valence-electron chi connectivity index (χ3n) is 3.92. The minimum absolute atomic E-state index is 0.142. The zero-order chi connectivity index (χ0) is 18.4. The minimum atomic E-state index is -3.25. The summed E-state index contributed by atoms with van der Waals surface area (Å²) in [5, 5.41) is 3.73. The molecule has 0 fully saturated rings. The van der Waals surface area contributed by atoms with E-state index in [-0.39, 0.29) is 11.9 Å². The molecule has 2 aromatic rings. The van der Waals surface area contributed by atoms with Gasteiger partial charge in [0, 0.05) is 48.9 Å². The van der Waals surface area contributed by atoms with Crippen molar-refractivity contribution in [3.63, 3.8) is 0 Å². The largest absolute Gasteiger partial charge is 0.383 e. The number of aromatic nitrogens is 1. The fraction of sp³-hybridized carbons (Fsp3) is 0.471. The lowest BCUT2D eigenvalue weighted by Gasteiger charge is -2.17. The van der Waals surface area contributed by atoms with Gasteiger partial charge in [0.2, 0.25) is 10.0 Å². The molecule has 2 N–H and O–H groups in total. The Kier molecular flexibility index (Phi) is 6.57. The Labute approximate surface area is 148 Å². The highest BCUT2D eigenvalue weighted by Gasteiger charge is 2.14. The Morgan fingerprint density at radius 3 is 2.72 bits per heavy atom. The summed E-state index contributed by atoms with van der Waals surface area (Å²) in [6.45, 7) is 3.41. The van der Waals surface area contributed by atoms with Crippen LogP contribution in [-0.2, 0) is 21.3 Å². The highest BCUT2D eigenvalue weighted by atomic mass is 32.2. The smallest absolute Gasteiger partial charge is 0.251 e. The SMILES string of the molecule is CC[C@@H](Cn1ccc2cc(C(=O)NCCOC)ccc21)NS(C)(=O)=O. The van der Waals surface area contributed by atoms with Crippen LogP contribution >= 0.6 is 0 Å². The van der Waals surface area contributed by atoms with E-state index in [1.807, 2.05) is 35.9 Å². The lowest BCUT2D eigenvalue weighted by Crippen LogP contribution is -2.36. The Morgan fingerprint density at radius 2 is 2.08 bits per heavy atom. The molecule has 0 aliphatic carbocycles. The van der Waals surface area contributed by atoms with E-state index in [4.69, 9.17) is 4.74 Å². The summed E-state index contributed by atoms with van der Waals surface area (Å²) in [6, 6.07) is 7.23. The number of nitrogens with one attached hydrogen (secondary N) is 2. The van der Waals surface area contributed by atoms with Crippen molar-refractivity contribution in [2.75, 3.05) is 26.5 Å². The van der Waals surface area contributed by atoms with E-state index in [9.17, 15) is 13.2 Å². The molecule has 2 rings (SSSR count). The number of carbonyl (C=O) groups excluding carboxylic acids is 1. The third-order valence-corrected chi connectivity index (χ3v) is 4.68. The molecular formula is C17H25N3O4S. The van der Waals surface area contributed by atoms with Crippen molar-refractivity contribution in [1.82, 2.24) is 14.6 Å². The molecule has 25 heavy (non-hydrogen) atoms. The molecule has 1 heterocycles. The molecule has 0 unspecified atom stereocenters. The van der Waals surface area contributed by atoms with Crippen LogP contribution in [0.2, 0.25) is 0 Å². The number of sulfonamides is 1. The summed E-state index contributed by atoms with van der Waals surface area (Å²) >= 11 is 0. The van der Waals surface area contributed by atoms with Crippen LogP contribution in [0.5, 0.6) is 0 Å². The van der Waals surface area contributed by atoms with Gasteiger partial charge in [-0.25, -0.2) is 13.1 Å². The zero-order valence-electron chi connectivity index (χ0n) is 14.8. The number of carbonyl (C=O) groups is 1. The first-order valence-corrected chi connectivity index (χ1v) is 10.1. The molecule has 1 atom stereocenters. The first-order chi connectivity index (χ1) is 11.8. The van der Waals surface area contributed by atoms with E-state index in [0.717, 1.165) is 17.2 Å². The van der Waals surface area contributed by atoms with Gasteiger partial charge in [-0.1, -0.05) is 6.92 Å². The number of fused-ring (bicyclic) bond motifs is 1. The average molecular weight is 367 g/mol. The summed E-state index contributed by atoms with van der Waals surface area (Å²) in [5.41, 5.74) is 1.55. The lowest BCUT2D eigenvalue weighted by molar-refractivity contribution is 0.0937. The van der Waals surface area contributed by atoms with Crippen molar-refractivity contribution in [3.05, 3.63) is 36.0 Å². The molecule has 0 saturated heterocycles. The van der Waals surface area contributed by atoms with Crippen LogP contribution < -0.4 is 10.0 Å². The molecular weight excluding hydrogens is 342 g/mol. The van der Waals surface area contributed by atoms with Crippen LogP contribution in [-0.4, -0.2) is 51.5 Å². The lowest BCUT2D eigenvalue weighted by atomic mass is 10.1. The molecule has 7 nitrogen and oxygen atoms in total. The Bertz CT molecular complexity index is 830. The van der Waals surface area contributed by atoms with Crippen molar-refractivity contribution >= 4 is 26.8 Å². The van der Waals surface area contributed by atoms with E-state index >= 15 is 0 Å². The second-order valence-corrected chi connectivity index (χ2v) is 7.77. The van der Waals surface area contributed by atoms with Crippen molar-refractivity contribution in [2.45, 2.75) is 25.9 Å². The van der Waals surface area contributed by atoms with Crippen LogP contribution in [0, 0.1) is 0 Å². The Balaban J connectivity index is 2.15. The zero-order valence-corrected chi connectivity index (χ0v) is 15.6. The van der Waals surface area contributed by atoms with Gasteiger partial charge in [0.1, 0.15) is 0 Å². The summed E-state index contributed by atoms with van der Waals surface area (Å²) in [6.07, 6.45) is 3.76. The maximum absolute atomic E-state index is 12.1. The Morgan fingerprint density at radius 1 is 1.32 bits per heavy atom. The van der Waals surface area contributed by atoms with Crippen LogP contribution in [0.15, 0.2) is 30.5 Å². The van der Waals surface area contributed by atoms with E-state index in [1.165, 1.54) is 0 Å². The molecule has 0 bridgehead atoms. The molecule has 0 radical (unpaired) electrons. The van der Waals surface area contributed by atoms with Crippen molar-refractivity contribution in [1.29, 1.82) is 0 Å². The van der Waals surface area contributed by atoms with Crippen LogP contribution in [0.4, 0.5) is 0 Å². The normalized spacial score (nSPS) is 13.1. The number of benzene rings is 1. The molecule has 1 aromatic carbocycles. The van der Waals surface area contributed by atoms with Crippen LogP contribution in [0.25, 0.3) is 10.9 Å². The number of ether oxygens (including phenoxy) is 1. The highest BCUT2D eigenvalue weighted by molar-refractivity contribution is 7.88. The van der Waals surface area contributed by atoms with Gasteiger partial charge in [0.25, 0.3) is 5.91 Å². The first kappa shape index (κ1) is 19.4. The van der Waals surface area contributed by atoms with Crippen molar-refractivity contribution < 1.29 is 17.9 Å². The van der Waals surface area contributed by atoms with Crippen LogP contribution in [0.3, 0.4) is 0 Å². The van der Waals surface area contributed by atoms with E-state index in [2.05, 4.69) is 10.0 Å². The molecule has 1 amide bonds. The van der Waals surface area contributed by atoms with Gasteiger partial charge in [0.05, 0.1) is 12.9 Å². The summed E-state index contributed by atoms with van der Waals surface area (Å²) in [4.78, 5) is 12.1. The minimum Gasteiger partial charge on any atom is -0.383 e. The van der Waals surface area contributed by atoms with Crippen molar-refractivity contribution in [2.24, 2.45) is 0 Å². The summed E-state index contributed by atoms with van der Waals surface area (Å²) in [7, 11) is -1.66. The van der Waals surface area contributed by atoms with Gasteiger partial charge >= 0.3 is 0 Å². The molecule has 0 aliphatic rings. The van der Waals surface area contributed by atoms with Gasteiger partial charge in [-0.2, -0.15) is 0 Å². The topological polar surface area (TPSA) is 89.4 Å². The predicted octanol–water partition coefficient (Wildman–Crippen LogP) is 1.35. The molecule has 138 valence electrons. The number of hydrogen-bond donors (Lipinski definition) is 2. The van der Waals surface area contributed by atoms with E-state index < -0.39 is 10.0 Å². The van der Waals surface area contributed by atoms with E-state index in [0.29, 0.717) is 31.7 Å². The molecule has 0 saturated carbocycles. The molecule has 8 heteroatoms. The van der Waals surface area contributed by atoms with Gasteiger partial charge in [-0.05, 0) is 30.7 Å². The average Bonchev–Trinajstić information content (AvgIpc) is 2.95. The van der Waals surface area contributed by atoms with Gasteiger partial charge in [0.15, 0.2) is 0 Å². The highest BCUT2D eigenvalue weighted by Crippen LogP contribution is 2.18. The quantitative estimate of drug-likeness (QED) is 0.655. The third kappa shape index (κ3) is 5.55. The van der Waals surface area contributed by atoms with Gasteiger partial charge in [-0.15, -0.1) is 0 Å². The van der Waals surface area contributed by atoms with Gasteiger partial charge in [-0.3, -0.25) is 4.79 Å². The second kappa shape index (κ2) is 8.46. The first-order valence-electron chi connectivity index (χ1n) is 8.17. The predicted molar refractivity (Wildman–Crippen MR) is 98.2 cm³/mol.